The van der Waals surface area contributed by atoms with Crippen LogP contribution in [0.5, 0.6) is 5.88 Å². The van der Waals surface area contributed by atoms with Crippen LogP contribution in [0.1, 0.15) is 63.4 Å². The van der Waals surface area contributed by atoms with E-state index in [0.717, 1.165) is 6.42 Å². The fourth-order valence-electron chi connectivity index (χ4n) is 3.93. The highest BCUT2D eigenvalue weighted by atomic mass is 19.3. The quantitative estimate of drug-likeness (QED) is 0.580. The number of carbonyl (C=O) groups is 2. The molecule has 0 spiro atoms. The summed E-state index contributed by atoms with van der Waals surface area (Å²) in [6.07, 6.45) is 2.78. The molecule has 1 unspecified atom stereocenters. The molecular formula is C23H30F2N6O4. The van der Waals surface area contributed by atoms with E-state index < -0.39 is 17.6 Å². The van der Waals surface area contributed by atoms with E-state index in [1.807, 2.05) is 20.8 Å². The monoisotopic (exact) mass is 492 g/mol. The van der Waals surface area contributed by atoms with Crippen LogP contribution in [0.2, 0.25) is 0 Å². The summed E-state index contributed by atoms with van der Waals surface area (Å²) in [4.78, 5) is 33.8. The number of alkyl halides is 2. The van der Waals surface area contributed by atoms with Gasteiger partial charge < -0.3 is 19.7 Å². The van der Waals surface area contributed by atoms with Crippen LogP contribution in [0.4, 0.5) is 19.4 Å². The van der Waals surface area contributed by atoms with Gasteiger partial charge in [0, 0.05) is 37.7 Å². The first-order chi connectivity index (χ1) is 16.5. The molecule has 0 aromatic carbocycles. The Morgan fingerprint density at radius 1 is 1.26 bits per heavy atom. The first-order valence-electron chi connectivity index (χ1n) is 11.7. The normalized spacial score (nSPS) is 20.1. The number of aldehydes is 1. The van der Waals surface area contributed by atoms with Crippen molar-refractivity contribution in [3.8, 4) is 11.8 Å². The lowest BCUT2D eigenvalue weighted by molar-refractivity contribution is -0.0361. The Morgan fingerprint density at radius 3 is 2.60 bits per heavy atom. The lowest BCUT2D eigenvalue weighted by Gasteiger charge is -2.40. The Labute approximate surface area is 202 Å². The highest BCUT2D eigenvalue weighted by Gasteiger charge is 2.36. The molecule has 1 N–H and O–H groups in total. The second-order valence-corrected chi connectivity index (χ2v) is 9.90. The number of hydrogen-bond acceptors (Lipinski definition) is 8. The zero-order valence-corrected chi connectivity index (χ0v) is 20.0. The second kappa shape index (κ2) is 9.74. The largest absolute Gasteiger partial charge is 0.475 e. The Balaban J connectivity index is 1.47. The molecule has 35 heavy (non-hydrogen) atoms. The van der Waals surface area contributed by atoms with Gasteiger partial charge in [-0.15, -0.1) is 0 Å². The average Bonchev–Trinajstić information content (AvgIpc) is 3.23. The molecule has 3 heterocycles. The molecule has 1 saturated carbocycles. The molecule has 0 radical (unpaired) electrons. The van der Waals surface area contributed by atoms with E-state index in [1.54, 1.807) is 17.2 Å². The fraction of sp³-hybridized carbons (Fsp3) is 0.609. The van der Waals surface area contributed by atoms with Crippen molar-refractivity contribution in [3.05, 3.63) is 24.0 Å². The molecule has 1 saturated heterocycles. The summed E-state index contributed by atoms with van der Waals surface area (Å²) >= 11 is 0. The molecule has 1 aliphatic carbocycles. The van der Waals surface area contributed by atoms with E-state index in [2.05, 4.69) is 20.4 Å². The lowest BCUT2D eigenvalue weighted by atomic mass is 9.92. The molecule has 2 aromatic rings. The Hall–Kier alpha value is -3.31. The highest BCUT2D eigenvalue weighted by molar-refractivity contribution is 5.71. The van der Waals surface area contributed by atoms with Gasteiger partial charge in [-0.1, -0.05) is 0 Å². The molecule has 1 amide bonds. The standard InChI is InChI=1S/C23H30F2N6O4/c1-22(2,3)35-21(33)30-10-7-17(30)14-34-19-12-18(26-15-4-8-23(24,25)9-5-15)27-20(28-19)31-11-6-16(13-32)29-31/h6,11-13,15,17H,4-5,7-10,14H2,1-3H3,(H,26,27,28). The van der Waals surface area contributed by atoms with Gasteiger partial charge in [0.05, 0.1) is 6.04 Å². The van der Waals surface area contributed by atoms with Gasteiger partial charge in [-0.2, -0.15) is 15.1 Å². The summed E-state index contributed by atoms with van der Waals surface area (Å²) in [6, 6.07) is 2.79. The zero-order valence-electron chi connectivity index (χ0n) is 20.0. The third kappa shape index (κ3) is 6.43. The van der Waals surface area contributed by atoms with E-state index in [4.69, 9.17) is 9.47 Å². The Bertz CT molecular complexity index is 1060. The number of hydrogen-bond donors (Lipinski definition) is 1. The van der Waals surface area contributed by atoms with Gasteiger partial charge in [-0.3, -0.25) is 4.79 Å². The molecular weight excluding hydrogens is 462 g/mol. The van der Waals surface area contributed by atoms with Gasteiger partial charge >= 0.3 is 6.09 Å². The van der Waals surface area contributed by atoms with Crippen molar-refractivity contribution in [1.29, 1.82) is 0 Å². The predicted octanol–water partition coefficient (Wildman–Crippen LogP) is 3.85. The van der Waals surface area contributed by atoms with Crippen molar-refractivity contribution in [2.45, 2.75) is 76.5 Å². The van der Waals surface area contributed by atoms with Crippen molar-refractivity contribution in [2.24, 2.45) is 0 Å². The molecule has 1 aliphatic heterocycles. The molecule has 2 aromatic heterocycles. The molecule has 2 fully saturated rings. The molecule has 4 rings (SSSR count). The van der Waals surface area contributed by atoms with E-state index >= 15 is 0 Å². The van der Waals surface area contributed by atoms with Crippen LogP contribution in [-0.4, -0.2) is 73.8 Å². The number of nitrogens with zero attached hydrogens (tertiary/aromatic N) is 5. The molecule has 12 heteroatoms. The first kappa shape index (κ1) is 24.8. The third-order valence-electron chi connectivity index (χ3n) is 5.89. The van der Waals surface area contributed by atoms with Crippen LogP contribution in [0, 0.1) is 0 Å². The summed E-state index contributed by atoms with van der Waals surface area (Å²) in [7, 11) is 0. The van der Waals surface area contributed by atoms with Crippen molar-refractivity contribution < 1.29 is 27.8 Å². The number of halogens is 2. The lowest BCUT2D eigenvalue weighted by Crippen LogP contribution is -2.55. The van der Waals surface area contributed by atoms with Crippen LogP contribution in [-0.2, 0) is 4.74 Å². The Kier molecular flexibility index (Phi) is 6.91. The van der Waals surface area contributed by atoms with E-state index in [0.29, 0.717) is 31.5 Å². The van der Waals surface area contributed by atoms with Gasteiger partial charge in [-0.05, 0) is 46.1 Å². The minimum atomic E-state index is -2.63. The van der Waals surface area contributed by atoms with Crippen LogP contribution in [0.15, 0.2) is 18.3 Å². The van der Waals surface area contributed by atoms with Gasteiger partial charge in [0.25, 0.3) is 5.95 Å². The van der Waals surface area contributed by atoms with Gasteiger partial charge in [-0.25, -0.2) is 18.3 Å². The average molecular weight is 493 g/mol. The maximum atomic E-state index is 13.5. The zero-order chi connectivity index (χ0) is 25.2. The van der Waals surface area contributed by atoms with Crippen molar-refractivity contribution in [2.75, 3.05) is 18.5 Å². The van der Waals surface area contributed by atoms with E-state index in [1.165, 1.54) is 10.7 Å². The van der Waals surface area contributed by atoms with Gasteiger partial charge in [0.1, 0.15) is 23.7 Å². The van der Waals surface area contributed by atoms with E-state index in [-0.39, 0.29) is 49.1 Å². The predicted molar refractivity (Wildman–Crippen MR) is 122 cm³/mol. The molecule has 0 bridgehead atoms. The molecule has 2 aliphatic rings. The minimum Gasteiger partial charge on any atom is -0.475 e. The number of nitrogens with one attached hydrogen (secondary N) is 1. The number of likely N-dealkylation sites (tertiary alicyclic amines) is 1. The maximum absolute atomic E-state index is 13.5. The van der Waals surface area contributed by atoms with Crippen LogP contribution >= 0.6 is 0 Å². The summed E-state index contributed by atoms with van der Waals surface area (Å²) in [5.74, 6) is -1.83. The van der Waals surface area contributed by atoms with Crippen molar-refractivity contribution in [3.63, 3.8) is 0 Å². The van der Waals surface area contributed by atoms with Crippen LogP contribution in [0.3, 0.4) is 0 Å². The topological polar surface area (TPSA) is 111 Å². The van der Waals surface area contributed by atoms with Crippen molar-refractivity contribution >= 4 is 18.2 Å². The number of carbonyl (C=O) groups excluding carboxylic acids is 2. The number of ether oxygens (including phenoxy) is 2. The number of amides is 1. The second-order valence-electron chi connectivity index (χ2n) is 9.90. The molecule has 190 valence electrons. The third-order valence-corrected chi connectivity index (χ3v) is 5.89. The van der Waals surface area contributed by atoms with Crippen LogP contribution in [0.25, 0.3) is 5.95 Å². The number of aromatic nitrogens is 4. The minimum absolute atomic E-state index is 0.161. The Morgan fingerprint density at radius 2 is 2.00 bits per heavy atom. The summed E-state index contributed by atoms with van der Waals surface area (Å²) in [6.45, 7) is 6.21. The maximum Gasteiger partial charge on any atom is 0.410 e. The molecule has 10 nitrogen and oxygen atoms in total. The number of rotatable bonds is 7. The van der Waals surface area contributed by atoms with E-state index in [9.17, 15) is 18.4 Å². The van der Waals surface area contributed by atoms with Gasteiger partial charge in [0.2, 0.25) is 11.8 Å². The highest BCUT2D eigenvalue weighted by Crippen LogP contribution is 2.34. The SMILES string of the molecule is CC(C)(C)OC(=O)N1CCC1COc1cc(NC2CCC(F)(F)CC2)nc(-n2ccc(C=O)n2)n1. The summed E-state index contributed by atoms with van der Waals surface area (Å²) in [5, 5.41) is 7.31. The van der Waals surface area contributed by atoms with Gasteiger partial charge in [0.15, 0.2) is 6.29 Å². The first-order valence-corrected chi connectivity index (χ1v) is 11.7. The van der Waals surface area contributed by atoms with Crippen LogP contribution < -0.4 is 10.1 Å². The fourth-order valence-corrected chi connectivity index (χ4v) is 3.93. The summed E-state index contributed by atoms with van der Waals surface area (Å²) < 4.78 is 39.8. The van der Waals surface area contributed by atoms with Crippen molar-refractivity contribution in [1.82, 2.24) is 24.6 Å². The number of anilines is 1. The smallest absolute Gasteiger partial charge is 0.410 e. The summed E-state index contributed by atoms with van der Waals surface area (Å²) in [5.41, 5.74) is -0.376. The molecule has 1 atom stereocenters.